The third kappa shape index (κ3) is 66.0. The van der Waals surface area contributed by atoms with Crippen LogP contribution >= 0.6 is 57.5 Å². The maximum absolute atomic E-state index is 11.7. The summed E-state index contributed by atoms with van der Waals surface area (Å²) in [6.07, 6.45) is 20.2. The van der Waals surface area contributed by atoms with Gasteiger partial charge < -0.3 is 0 Å². The number of thiophene rings is 2. The van der Waals surface area contributed by atoms with E-state index in [-0.39, 0.29) is 67.5 Å². The van der Waals surface area contributed by atoms with E-state index < -0.39 is 164 Å². The van der Waals surface area contributed by atoms with Crippen LogP contribution in [0.1, 0.15) is 221 Å². The first-order chi connectivity index (χ1) is 58.9. The number of nitro groups is 1. The van der Waals surface area contributed by atoms with Crippen molar-refractivity contribution in [3.05, 3.63) is 202 Å². The van der Waals surface area contributed by atoms with Crippen LogP contribution in [0.25, 0.3) is 0 Å². The quantitative estimate of drug-likeness (QED) is 0.0112. The summed E-state index contributed by atoms with van der Waals surface area (Å²) in [6, 6.07) is 32.9. The molecule has 0 radical (unpaired) electrons. The van der Waals surface area contributed by atoms with Crippen LogP contribution < -0.4 is 0 Å². The molecule has 7 aromatic rings. The summed E-state index contributed by atoms with van der Waals surface area (Å²) in [5.41, 5.74) is 4.39. The Bertz CT molecular complexity index is 4170. The molecule has 0 atom stereocenters. The molecule has 0 aliphatic rings. The summed E-state index contributed by atoms with van der Waals surface area (Å²) in [5.74, 6) is -3.17. The monoisotopic (exact) mass is 2560 g/mol. The molecule has 670 valence electrons. The van der Waals surface area contributed by atoms with E-state index in [0.717, 1.165) is 112 Å². The Morgan fingerprint density at radius 2 is 0.756 bits per heavy atom. The van der Waals surface area contributed by atoms with Crippen molar-refractivity contribution in [3.8, 4) is 0 Å². The van der Waals surface area contributed by atoms with E-state index in [4.69, 9.17) is 56.3 Å². The number of ketones is 1. The topological polar surface area (TPSA) is 395 Å². The van der Waals surface area contributed by atoms with Gasteiger partial charge in [-0.15, -0.1) is 0 Å². The summed E-state index contributed by atoms with van der Waals surface area (Å²) in [6.45, 7) is 14.5. The molecule has 4 aromatic carbocycles. The molecule has 3 aromatic heterocycles. The Morgan fingerprint density at radius 1 is 0.398 bits per heavy atom. The molecule has 28 nitrogen and oxygen atoms in total. The summed E-state index contributed by atoms with van der Waals surface area (Å²) < 4.78 is 120. The van der Waals surface area contributed by atoms with Gasteiger partial charge in [0.25, 0.3) is 0 Å². The van der Waals surface area contributed by atoms with Crippen molar-refractivity contribution in [2.24, 2.45) is 0 Å². The van der Waals surface area contributed by atoms with Crippen molar-refractivity contribution in [2.45, 2.75) is 253 Å². The average Bonchev–Trinajstić information content (AvgIpc) is 1.87. The number of carbonyl (C=O) groups is 8. The molecular formula is C83H113Cl3N4O24S2Sn7. The molecule has 3 heterocycles. The Labute approximate surface area is 797 Å². The maximum atomic E-state index is 11.7. The summed E-state index contributed by atoms with van der Waals surface area (Å²) in [5, 5.41) is 25.7. The molecule has 0 unspecified atom stereocenters. The van der Waals surface area contributed by atoms with E-state index in [1.807, 2.05) is 113 Å². The van der Waals surface area contributed by atoms with E-state index in [1.54, 1.807) is 94.3 Å². The van der Waals surface area contributed by atoms with Gasteiger partial charge in [-0.2, -0.15) is 0 Å². The number of hydrogen-bond donors (Lipinski definition) is 0. The van der Waals surface area contributed by atoms with E-state index in [9.17, 15) is 70.0 Å². The Balaban J connectivity index is 0.000000719. The molecule has 0 aliphatic heterocycles. The second-order valence-corrected chi connectivity index (χ2v) is 59.1. The van der Waals surface area contributed by atoms with Crippen molar-refractivity contribution in [1.82, 2.24) is 15.0 Å². The minimum absolute atomic E-state index is 0.0194. The number of non-ortho nitro benzene ring substituents is 1. The minimum atomic E-state index is -3.26. The van der Waals surface area contributed by atoms with Gasteiger partial charge in [0.1, 0.15) is 0 Å². The molecule has 40 heteroatoms. The number of hydrogen-bond acceptors (Lipinski definition) is 28. The van der Waals surface area contributed by atoms with Crippen molar-refractivity contribution in [2.75, 3.05) is 0 Å². The molecule has 0 aliphatic carbocycles. The number of halogens is 3. The van der Waals surface area contributed by atoms with Gasteiger partial charge in [0.2, 0.25) is 0 Å². The van der Waals surface area contributed by atoms with Gasteiger partial charge in [-0.3, -0.25) is 0 Å². The number of unbranched alkanes of at least 4 members (excludes halogenated alkanes) is 7. The van der Waals surface area contributed by atoms with Crippen molar-refractivity contribution in [1.29, 1.82) is 0 Å². The zero-order valence-corrected chi connectivity index (χ0v) is 94.8. The zero-order valence-electron chi connectivity index (χ0n) is 70.9. The number of carbonyl (C=O) groups excluding carboxylic acids is 8. The van der Waals surface area contributed by atoms with E-state index in [1.165, 1.54) is 17.0 Å². The summed E-state index contributed by atoms with van der Waals surface area (Å²) >= 11 is -1.16. The molecule has 123 heavy (non-hydrogen) atoms. The fourth-order valence-electron chi connectivity index (χ4n) is 9.49. The summed E-state index contributed by atoms with van der Waals surface area (Å²) in [7, 11) is 0. The molecule has 0 N–H and O–H groups in total. The summed E-state index contributed by atoms with van der Waals surface area (Å²) in [4.78, 5) is 103. The molecule has 0 bridgehead atoms. The molecule has 0 spiro atoms. The predicted octanol–water partition coefficient (Wildman–Crippen LogP) is 19.8. The number of nitrogens with zero attached hydrogens (tertiary/aromatic N) is 4. The number of rotatable bonds is 50. The van der Waals surface area contributed by atoms with Crippen LogP contribution in [0.2, 0.25) is 46.1 Å². The van der Waals surface area contributed by atoms with Gasteiger partial charge in [0.15, 0.2) is 0 Å². The van der Waals surface area contributed by atoms with Crippen molar-refractivity contribution in [3.63, 3.8) is 0 Å². The van der Waals surface area contributed by atoms with E-state index in [2.05, 4.69) is 10.3 Å². The zero-order chi connectivity index (χ0) is 91.4. The number of aromatic nitrogens is 3. The molecule has 0 fully saturated rings. The predicted molar refractivity (Wildman–Crippen MR) is 477 cm³/mol. The first kappa shape index (κ1) is 117. The Hall–Kier alpha value is -4.16. The Morgan fingerprint density at radius 3 is 1.10 bits per heavy atom. The van der Waals surface area contributed by atoms with Crippen LogP contribution in [0.5, 0.6) is 0 Å². The van der Waals surface area contributed by atoms with Crippen LogP contribution in [0.4, 0.5) is 5.69 Å². The van der Waals surface area contributed by atoms with Crippen LogP contribution in [-0.4, -0.2) is 209 Å². The van der Waals surface area contributed by atoms with Gasteiger partial charge >= 0.3 is 808 Å². The first-order valence-corrected chi connectivity index (χ1v) is 74.4. The van der Waals surface area contributed by atoms with Crippen LogP contribution in [0, 0.1) is 10.1 Å². The van der Waals surface area contributed by atoms with Gasteiger partial charge in [-0.25, -0.2) is 0 Å². The van der Waals surface area contributed by atoms with Crippen LogP contribution in [0.15, 0.2) is 144 Å². The molecular weight excluding hydrogens is 2440 g/mol. The first-order valence-electron chi connectivity index (χ1n) is 41.0. The third-order valence-electron chi connectivity index (χ3n) is 16.4. The molecule has 7 rings (SSSR count). The van der Waals surface area contributed by atoms with Gasteiger partial charge in [0.05, 0.1) is 0 Å². The number of Topliss-reactive ketones (excluding diaryl/α,β-unsaturated/α-hetero) is 1. The van der Waals surface area contributed by atoms with Crippen molar-refractivity contribution < 1.29 is 86.3 Å². The van der Waals surface area contributed by atoms with Crippen LogP contribution in [0.3, 0.4) is 0 Å². The molecule has 0 amide bonds. The third-order valence-corrected chi connectivity index (χ3v) is 43.1. The average molecular weight is 2550 g/mol. The second kappa shape index (κ2) is 75.6. The van der Waals surface area contributed by atoms with E-state index in [0.29, 0.717) is 103 Å². The Kier molecular flexibility index (Phi) is 71.9. The number of benzene rings is 4. The van der Waals surface area contributed by atoms with Crippen LogP contribution in [-0.2, 0) is 115 Å². The van der Waals surface area contributed by atoms with Gasteiger partial charge in [0, 0.05) is 0 Å². The second-order valence-electron chi connectivity index (χ2n) is 27.1. The fraction of sp³-hybridized carbons (Fsp3) is 0.494. The normalized spacial score (nSPS) is 10.1. The molecule has 0 saturated carbocycles. The van der Waals surface area contributed by atoms with Gasteiger partial charge in [-0.05, 0) is 0 Å². The van der Waals surface area contributed by atoms with E-state index >= 15 is 0 Å². The number of nitro benzene ring substituents is 1. The van der Waals surface area contributed by atoms with Gasteiger partial charge in [-0.1, -0.05) is 0 Å². The number of aryl methyl sites for hydroxylation is 6. The SMILES string of the molecule is CCC[CH2][Sn](=[O])[O]C(=O)CC(=O)c1ccc(Cl)cc1.CCC[CH2][Sn](=[O])[O]C(=O)CCc1ccc(Cl)cc1.CCC[CH2][Sn](=[O])[O]C(=O)CCc1ccc([N+](=O)[O-])cc1.CCC[CH2][Sn](=[O])[O]C(=O)CCc1cccc(Cl)c1.CCC[CH2][Sn](=[O])[O]C(=O)CCc1cccs1.CCC[CH2][Sn](=[O])[O]C(=O)CCc1ccsc1.CCC[CH2][Sn](=[O])[O]C(=O)CCn1ccnn1. The van der Waals surface area contributed by atoms with Crippen molar-refractivity contribution >= 4 is 252 Å². The standard InChI is InChI=1S/C9H7ClO3.2C9H9ClO2.C9H9NO4.2C7H8O2S.C5H7N3O2.7C4H9.7O.7Sn/c10-7-3-1-6(2-4-7)8(11)5-9(12)13;10-8-4-1-7(2-5-8)3-6-9(11)12;10-8-3-1-2-7(6-8)4-5-9(11)12;11-9(12)6-3-7-1-4-8(5-2-7)10(13)14;8-7(9)2-1-6-3-4-10-5-6;8-7(9)4-3-6-2-1-5-10-6;9-5(10)1-3-8-4-2-6-7-8;7*1-3-4-2;;;;;;;;;;;;;;/h1-4H,5H2,(H,12,13);1-2,4-5H,3,6H2,(H,11,12);1-3,6H,4-5H2,(H,11,12);1-2,4-5H,3,6H2,(H,11,12);3-5H,1-2H2,(H,8,9);1-2,5H,3-4H2,(H,8,9);2,4H,1,3H2,(H,9,10);7*1,3-4H2,2H3;;;;;;;;;;;;;;/q;;;;;;;;;;;;;;;;;;;;;7*+1/p-7. The molecule has 0 saturated heterocycles. The fourth-order valence-corrected chi connectivity index (χ4v) is 33.3.